The van der Waals surface area contributed by atoms with Crippen LogP contribution in [-0.4, -0.2) is 45.3 Å². The molecule has 1 saturated heterocycles. The molecule has 0 N–H and O–H groups in total. The molecule has 0 unspecified atom stereocenters. The number of aromatic nitrogens is 3. The zero-order valence-electron chi connectivity index (χ0n) is 14.4. The highest BCUT2D eigenvalue weighted by Gasteiger charge is 2.24. The minimum absolute atomic E-state index is 0.148. The quantitative estimate of drug-likeness (QED) is 0.805. The predicted octanol–water partition coefficient (Wildman–Crippen LogP) is 2.20. The normalized spacial score (nSPS) is 17.5. The van der Waals surface area contributed by atoms with E-state index in [1.54, 1.807) is 18.5 Å². The number of halogens is 1. The first-order chi connectivity index (χ1) is 12.1. The molecule has 1 amide bonds. The van der Waals surface area contributed by atoms with E-state index in [-0.39, 0.29) is 11.7 Å². The summed E-state index contributed by atoms with van der Waals surface area (Å²) in [5.41, 5.74) is 0. The number of piperidine rings is 1. The van der Waals surface area contributed by atoms with Gasteiger partial charge in [0.25, 0.3) is 0 Å². The van der Waals surface area contributed by atoms with Crippen molar-refractivity contribution in [2.75, 3.05) is 19.7 Å². The van der Waals surface area contributed by atoms with Gasteiger partial charge in [-0.2, -0.15) is 0 Å². The van der Waals surface area contributed by atoms with Gasteiger partial charge < -0.3 is 14.2 Å². The fraction of sp³-hybridized carbons (Fsp3) is 0.500. The van der Waals surface area contributed by atoms with E-state index in [1.165, 1.54) is 12.1 Å². The van der Waals surface area contributed by atoms with Crippen LogP contribution in [0.3, 0.4) is 0 Å². The highest BCUT2D eigenvalue weighted by molar-refractivity contribution is 5.76. The lowest BCUT2D eigenvalue weighted by molar-refractivity contribution is -0.133. The molecule has 1 atom stereocenters. The third kappa shape index (κ3) is 4.78. The molecular weight excluding hydrogens is 323 g/mol. The van der Waals surface area contributed by atoms with Crippen LogP contribution in [0.4, 0.5) is 4.39 Å². The zero-order valence-corrected chi connectivity index (χ0v) is 14.4. The molecule has 25 heavy (non-hydrogen) atoms. The number of aryl methyl sites for hydroxylation is 2. The first-order valence-corrected chi connectivity index (χ1v) is 8.61. The van der Waals surface area contributed by atoms with Crippen LogP contribution >= 0.6 is 0 Å². The molecule has 1 aliphatic rings. The molecule has 0 radical (unpaired) electrons. The Kier molecular flexibility index (Phi) is 5.63. The van der Waals surface area contributed by atoms with Crippen LogP contribution < -0.4 is 4.74 Å². The Balaban J connectivity index is 1.46. The van der Waals surface area contributed by atoms with Crippen molar-refractivity contribution in [1.82, 2.24) is 19.7 Å². The van der Waals surface area contributed by atoms with Crippen molar-refractivity contribution in [3.8, 4) is 5.75 Å². The molecule has 1 fully saturated rings. The summed E-state index contributed by atoms with van der Waals surface area (Å²) in [7, 11) is 1.88. The Labute approximate surface area is 146 Å². The molecule has 0 saturated carbocycles. The summed E-state index contributed by atoms with van der Waals surface area (Å²) < 4.78 is 20.5. The van der Waals surface area contributed by atoms with Gasteiger partial charge in [-0.15, -0.1) is 10.2 Å². The second-order valence-electron chi connectivity index (χ2n) is 6.47. The second-order valence-corrected chi connectivity index (χ2v) is 6.47. The van der Waals surface area contributed by atoms with E-state index in [0.717, 1.165) is 25.2 Å². The number of carbonyl (C=O) groups is 1. The second kappa shape index (κ2) is 8.09. The lowest BCUT2D eigenvalue weighted by atomic mass is 9.98. The summed E-state index contributed by atoms with van der Waals surface area (Å²) in [4.78, 5) is 14.4. The van der Waals surface area contributed by atoms with Gasteiger partial charge in [0.05, 0.1) is 6.61 Å². The summed E-state index contributed by atoms with van der Waals surface area (Å²) in [6, 6.07) is 6.03. The van der Waals surface area contributed by atoms with Crippen molar-refractivity contribution in [1.29, 1.82) is 0 Å². The van der Waals surface area contributed by atoms with Gasteiger partial charge in [-0.1, -0.05) is 0 Å². The number of nitrogens with zero attached hydrogens (tertiary/aromatic N) is 4. The molecular formula is C18H23FN4O2. The maximum absolute atomic E-state index is 12.9. The van der Waals surface area contributed by atoms with Gasteiger partial charge in [0.1, 0.15) is 23.7 Å². The highest BCUT2D eigenvalue weighted by atomic mass is 19.1. The minimum atomic E-state index is -0.273. The van der Waals surface area contributed by atoms with Crippen LogP contribution in [0.15, 0.2) is 30.6 Å². The Hall–Kier alpha value is -2.44. The molecule has 1 aromatic carbocycles. The van der Waals surface area contributed by atoms with Crippen LogP contribution in [0, 0.1) is 11.7 Å². The number of hydrogen-bond donors (Lipinski definition) is 0. The van der Waals surface area contributed by atoms with Gasteiger partial charge in [-0.05, 0) is 37.1 Å². The monoisotopic (exact) mass is 346 g/mol. The fourth-order valence-electron chi connectivity index (χ4n) is 3.08. The van der Waals surface area contributed by atoms with Crippen LogP contribution in [0.5, 0.6) is 5.75 Å². The number of hydrogen-bond acceptors (Lipinski definition) is 4. The summed E-state index contributed by atoms with van der Waals surface area (Å²) in [6.45, 7) is 2.04. The van der Waals surface area contributed by atoms with Crippen LogP contribution in [0.1, 0.15) is 25.1 Å². The van der Waals surface area contributed by atoms with Crippen molar-refractivity contribution in [2.24, 2.45) is 13.0 Å². The molecule has 2 heterocycles. The SMILES string of the molecule is Cn1cnnc1CCC(=O)N1CCC[C@H](COc2ccc(F)cc2)C1. The Bertz CT molecular complexity index is 701. The van der Waals surface area contributed by atoms with E-state index in [1.807, 2.05) is 16.5 Å². The summed E-state index contributed by atoms with van der Waals surface area (Å²) in [5.74, 6) is 1.66. The van der Waals surface area contributed by atoms with Crippen molar-refractivity contribution in [3.05, 3.63) is 42.2 Å². The minimum Gasteiger partial charge on any atom is -0.493 e. The van der Waals surface area contributed by atoms with E-state index < -0.39 is 0 Å². The molecule has 134 valence electrons. The number of likely N-dealkylation sites (tertiary alicyclic amines) is 1. The highest BCUT2D eigenvalue weighted by Crippen LogP contribution is 2.20. The maximum Gasteiger partial charge on any atom is 0.223 e. The Morgan fingerprint density at radius 3 is 2.88 bits per heavy atom. The first kappa shape index (κ1) is 17.4. The summed E-state index contributed by atoms with van der Waals surface area (Å²) >= 11 is 0. The van der Waals surface area contributed by atoms with Gasteiger partial charge >= 0.3 is 0 Å². The smallest absolute Gasteiger partial charge is 0.223 e. The lowest BCUT2D eigenvalue weighted by Crippen LogP contribution is -2.41. The van der Waals surface area contributed by atoms with Crippen LogP contribution in [0.2, 0.25) is 0 Å². The molecule has 2 aromatic rings. The molecule has 6 nitrogen and oxygen atoms in total. The number of amides is 1. The maximum atomic E-state index is 12.9. The molecule has 0 spiro atoms. The molecule has 1 aliphatic heterocycles. The number of rotatable bonds is 6. The zero-order chi connectivity index (χ0) is 17.6. The van der Waals surface area contributed by atoms with Gasteiger partial charge in [0, 0.05) is 38.9 Å². The van der Waals surface area contributed by atoms with Gasteiger partial charge in [0.15, 0.2) is 0 Å². The van der Waals surface area contributed by atoms with E-state index >= 15 is 0 Å². The van der Waals surface area contributed by atoms with Crippen LogP contribution in [-0.2, 0) is 18.3 Å². The molecule has 7 heteroatoms. The summed E-state index contributed by atoms with van der Waals surface area (Å²) in [6.07, 6.45) is 4.70. The molecule has 0 bridgehead atoms. The lowest BCUT2D eigenvalue weighted by Gasteiger charge is -2.32. The van der Waals surface area contributed by atoms with E-state index in [2.05, 4.69) is 10.2 Å². The van der Waals surface area contributed by atoms with Crippen molar-refractivity contribution in [2.45, 2.75) is 25.7 Å². The Morgan fingerprint density at radius 2 is 2.16 bits per heavy atom. The average molecular weight is 346 g/mol. The third-order valence-electron chi connectivity index (χ3n) is 4.54. The molecule has 0 aliphatic carbocycles. The summed E-state index contributed by atoms with van der Waals surface area (Å²) in [5, 5.41) is 7.84. The van der Waals surface area contributed by atoms with E-state index in [0.29, 0.717) is 37.7 Å². The van der Waals surface area contributed by atoms with Gasteiger partial charge in [-0.25, -0.2) is 4.39 Å². The number of benzene rings is 1. The van der Waals surface area contributed by atoms with Gasteiger partial charge in [-0.3, -0.25) is 4.79 Å². The van der Waals surface area contributed by atoms with E-state index in [4.69, 9.17) is 4.74 Å². The fourth-order valence-corrected chi connectivity index (χ4v) is 3.08. The van der Waals surface area contributed by atoms with E-state index in [9.17, 15) is 9.18 Å². The van der Waals surface area contributed by atoms with Crippen molar-refractivity contribution in [3.63, 3.8) is 0 Å². The van der Waals surface area contributed by atoms with Crippen molar-refractivity contribution < 1.29 is 13.9 Å². The van der Waals surface area contributed by atoms with Crippen LogP contribution in [0.25, 0.3) is 0 Å². The number of ether oxygens (including phenoxy) is 1. The molecule has 3 rings (SSSR count). The number of carbonyl (C=O) groups excluding carboxylic acids is 1. The van der Waals surface area contributed by atoms with Crippen molar-refractivity contribution >= 4 is 5.91 Å². The predicted molar refractivity (Wildman–Crippen MR) is 90.5 cm³/mol. The third-order valence-corrected chi connectivity index (χ3v) is 4.54. The Morgan fingerprint density at radius 1 is 1.36 bits per heavy atom. The largest absolute Gasteiger partial charge is 0.493 e. The van der Waals surface area contributed by atoms with Gasteiger partial charge in [0.2, 0.25) is 5.91 Å². The molecule has 1 aromatic heterocycles. The standard InChI is InChI=1S/C18H23FN4O2/c1-22-13-20-21-17(22)8-9-18(24)23-10-2-3-14(11-23)12-25-16-6-4-15(19)5-7-16/h4-7,13-14H,2-3,8-12H2,1H3/t14-/m0/s1. The average Bonchev–Trinajstić information content (AvgIpc) is 3.04. The topological polar surface area (TPSA) is 60.2 Å². The first-order valence-electron chi connectivity index (χ1n) is 8.61.